The fraction of sp³-hybridized carbons (Fsp3) is 0.417. The summed E-state index contributed by atoms with van der Waals surface area (Å²) in [7, 11) is 0. The molecule has 1 aliphatic heterocycles. The summed E-state index contributed by atoms with van der Waals surface area (Å²) in [5.41, 5.74) is 0. The van der Waals surface area contributed by atoms with Crippen molar-refractivity contribution in [3.05, 3.63) is 24.3 Å². The fourth-order valence-electron chi connectivity index (χ4n) is 1.98. The Bertz CT molecular complexity index is 407. The van der Waals surface area contributed by atoms with E-state index in [0.29, 0.717) is 23.2 Å². The van der Waals surface area contributed by atoms with Crippen molar-refractivity contribution in [1.82, 2.24) is 0 Å². The summed E-state index contributed by atoms with van der Waals surface area (Å²) in [5, 5.41) is 9.53. The summed E-state index contributed by atoms with van der Waals surface area (Å²) < 4.78 is 11.4. The molecule has 0 saturated heterocycles. The molecular formula is C12H13BrO4. The lowest BCUT2D eigenvalue weighted by atomic mass is 9.97. The highest BCUT2D eigenvalue weighted by molar-refractivity contribution is 9.09. The van der Waals surface area contributed by atoms with Crippen LogP contribution in [0.1, 0.15) is 13.3 Å². The van der Waals surface area contributed by atoms with Crippen molar-refractivity contribution in [3.63, 3.8) is 0 Å². The van der Waals surface area contributed by atoms with Gasteiger partial charge in [-0.05, 0) is 18.6 Å². The molecule has 0 fully saturated rings. The van der Waals surface area contributed by atoms with Crippen LogP contribution in [0, 0.1) is 5.92 Å². The third-order valence-corrected chi connectivity index (χ3v) is 3.62. The number of alkyl halides is 1. The van der Waals surface area contributed by atoms with Crippen molar-refractivity contribution in [2.45, 2.75) is 19.1 Å². The molecule has 0 radical (unpaired) electrons. The van der Waals surface area contributed by atoms with Gasteiger partial charge in [0.25, 0.3) is 5.79 Å². The van der Waals surface area contributed by atoms with Crippen molar-refractivity contribution in [3.8, 4) is 11.5 Å². The number of carboxylic acids is 1. The summed E-state index contributed by atoms with van der Waals surface area (Å²) in [6, 6.07) is 7.20. The van der Waals surface area contributed by atoms with Crippen LogP contribution in [-0.4, -0.2) is 22.2 Å². The number of carbonyl (C=O) groups is 1. The van der Waals surface area contributed by atoms with Crippen LogP contribution >= 0.6 is 15.9 Å². The molecule has 0 amide bonds. The Balaban J connectivity index is 2.34. The highest BCUT2D eigenvalue weighted by Crippen LogP contribution is 2.43. The SMILES string of the molecule is CCC(C(=O)O)C1(CBr)Oc2ccccc2O1. The van der Waals surface area contributed by atoms with Crippen molar-refractivity contribution in [1.29, 1.82) is 0 Å². The van der Waals surface area contributed by atoms with Crippen LogP contribution in [0.3, 0.4) is 0 Å². The Morgan fingerprint density at radius 2 is 1.94 bits per heavy atom. The quantitative estimate of drug-likeness (QED) is 0.869. The van der Waals surface area contributed by atoms with E-state index < -0.39 is 17.7 Å². The molecule has 0 saturated carbocycles. The Hall–Kier alpha value is -1.23. The first-order valence-electron chi connectivity index (χ1n) is 5.39. The monoisotopic (exact) mass is 300 g/mol. The summed E-state index contributed by atoms with van der Waals surface area (Å²) in [6.45, 7) is 1.80. The molecule has 1 aromatic carbocycles. The Labute approximate surface area is 108 Å². The normalized spacial score (nSPS) is 17.8. The first kappa shape index (κ1) is 12.2. The summed E-state index contributed by atoms with van der Waals surface area (Å²) in [5.74, 6) is -1.60. The second-order valence-corrected chi connectivity index (χ2v) is 4.46. The number of aliphatic carboxylic acids is 1. The van der Waals surface area contributed by atoms with Gasteiger partial charge >= 0.3 is 5.97 Å². The highest BCUT2D eigenvalue weighted by atomic mass is 79.9. The van der Waals surface area contributed by atoms with Crippen LogP contribution in [0.15, 0.2) is 24.3 Å². The topological polar surface area (TPSA) is 55.8 Å². The van der Waals surface area contributed by atoms with Crippen LogP contribution in [0.25, 0.3) is 0 Å². The minimum Gasteiger partial charge on any atom is -0.481 e. The Morgan fingerprint density at radius 3 is 2.29 bits per heavy atom. The second-order valence-electron chi connectivity index (χ2n) is 3.90. The lowest BCUT2D eigenvalue weighted by Crippen LogP contribution is -2.51. The van der Waals surface area contributed by atoms with E-state index in [1.807, 2.05) is 12.1 Å². The molecule has 0 aromatic heterocycles. The molecule has 1 N–H and O–H groups in total. The van der Waals surface area contributed by atoms with Gasteiger partial charge in [-0.25, -0.2) is 0 Å². The third kappa shape index (κ3) is 1.99. The van der Waals surface area contributed by atoms with Gasteiger partial charge in [0.2, 0.25) is 0 Å². The fourth-order valence-corrected chi connectivity index (χ4v) is 2.60. The van der Waals surface area contributed by atoms with E-state index in [1.165, 1.54) is 0 Å². The number of fused-ring (bicyclic) bond motifs is 1. The zero-order valence-corrected chi connectivity index (χ0v) is 10.9. The Morgan fingerprint density at radius 1 is 1.41 bits per heavy atom. The number of ether oxygens (including phenoxy) is 2. The number of hydrogen-bond donors (Lipinski definition) is 1. The van der Waals surface area contributed by atoms with E-state index in [9.17, 15) is 9.90 Å². The van der Waals surface area contributed by atoms with Crippen molar-refractivity contribution in [2.75, 3.05) is 5.33 Å². The van der Waals surface area contributed by atoms with E-state index in [2.05, 4.69) is 15.9 Å². The van der Waals surface area contributed by atoms with Crippen LogP contribution in [0.5, 0.6) is 11.5 Å². The average Bonchev–Trinajstić information content (AvgIpc) is 2.68. The molecule has 1 unspecified atom stereocenters. The molecule has 0 bridgehead atoms. The van der Waals surface area contributed by atoms with Gasteiger partial charge in [0.15, 0.2) is 11.5 Å². The molecule has 1 aliphatic rings. The van der Waals surface area contributed by atoms with E-state index in [-0.39, 0.29) is 0 Å². The van der Waals surface area contributed by atoms with Gasteiger partial charge in [-0.15, -0.1) is 0 Å². The van der Waals surface area contributed by atoms with Crippen LogP contribution in [-0.2, 0) is 4.79 Å². The van der Waals surface area contributed by atoms with Crippen LogP contribution in [0.4, 0.5) is 0 Å². The van der Waals surface area contributed by atoms with Gasteiger partial charge < -0.3 is 14.6 Å². The molecule has 92 valence electrons. The number of hydrogen-bond acceptors (Lipinski definition) is 3. The number of benzene rings is 1. The van der Waals surface area contributed by atoms with Gasteiger partial charge in [-0.3, -0.25) is 4.79 Å². The minimum absolute atomic E-state index is 0.305. The predicted molar refractivity (Wildman–Crippen MR) is 65.6 cm³/mol. The molecule has 5 heteroatoms. The number of carboxylic acid groups (broad SMARTS) is 1. The molecule has 1 heterocycles. The summed E-state index contributed by atoms with van der Waals surface area (Å²) in [6.07, 6.45) is 0.439. The van der Waals surface area contributed by atoms with Crippen molar-refractivity contribution >= 4 is 21.9 Å². The second kappa shape index (κ2) is 4.56. The van der Waals surface area contributed by atoms with Gasteiger partial charge in [-0.2, -0.15) is 0 Å². The summed E-state index contributed by atoms with van der Waals surface area (Å²) in [4.78, 5) is 11.3. The number of halogens is 1. The van der Waals surface area contributed by atoms with Crippen molar-refractivity contribution in [2.24, 2.45) is 5.92 Å². The number of para-hydroxylation sites is 2. The predicted octanol–water partition coefficient (Wildman–Crippen LogP) is 2.66. The van der Waals surface area contributed by atoms with Crippen LogP contribution < -0.4 is 9.47 Å². The maximum absolute atomic E-state index is 11.3. The van der Waals surface area contributed by atoms with E-state index >= 15 is 0 Å². The van der Waals surface area contributed by atoms with E-state index in [1.54, 1.807) is 19.1 Å². The smallest absolute Gasteiger partial charge is 0.314 e. The third-order valence-electron chi connectivity index (χ3n) is 2.84. The van der Waals surface area contributed by atoms with Gasteiger partial charge in [-0.1, -0.05) is 35.0 Å². The lowest BCUT2D eigenvalue weighted by molar-refractivity contribution is -0.164. The molecule has 1 atom stereocenters. The zero-order chi connectivity index (χ0) is 12.5. The Kier molecular flexibility index (Phi) is 3.28. The molecule has 0 spiro atoms. The standard InChI is InChI=1S/C12H13BrO4/c1-2-8(11(14)15)12(7-13)16-9-5-3-4-6-10(9)17-12/h3-6,8H,2,7H2,1H3,(H,14,15). The maximum Gasteiger partial charge on any atom is 0.314 e. The summed E-state index contributed by atoms with van der Waals surface area (Å²) >= 11 is 3.29. The van der Waals surface area contributed by atoms with Gasteiger partial charge in [0.1, 0.15) is 5.92 Å². The molecule has 17 heavy (non-hydrogen) atoms. The average molecular weight is 301 g/mol. The molecule has 0 aliphatic carbocycles. The molecular weight excluding hydrogens is 288 g/mol. The van der Waals surface area contributed by atoms with Crippen LogP contribution in [0.2, 0.25) is 0 Å². The van der Waals surface area contributed by atoms with Gasteiger partial charge in [0, 0.05) is 0 Å². The zero-order valence-electron chi connectivity index (χ0n) is 9.35. The van der Waals surface area contributed by atoms with Gasteiger partial charge in [0.05, 0.1) is 5.33 Å². The van der Waals surface area contributed by atoms with Crippen molar-refractivity contribution < 1.29 is 19.4 Å². The minimum atomic E-state index is -1.15. The largest absolute Gasteiger partial charge is 0.481 e. The first-order valence-corrected chi connectivity index (χ1v) is 6.51. The highest BCUT2D eigenvalue weighted by Gasteiger charge is 2.50. The van der Waals surface area contributed by atoms with E-state index in [4.69, 9.17) is 9.47 Å². The number of rotatable bonds is 4. The lowest BCUT2D eigenvalue weighted by Gasteiger charge is -2.30. The molecule has 2 rings (SSSR count). The maximum atomic E-state index is 11.3. The van der Waals surface area contributed by atoms with E-state index in [0.717, 1.165) is 0 Å². The molecule has 1 aromatic rings. The first-order chi connectivity index (χ1) is 8.13. The molecule has 4 nitrogen and oxygen atoms in total.